The van der Waals surface area contributed by atoms with Crippen LogP contribution in [0, 0.1) is 0 Å². The maximum absolute atomic E-state index is 12.8. The van der Waals surface area contributed by atoms with E-state index in [0.717, 1.165) is 24.3 Å². The summed E-state index contributed by atoms with van der Waals surface area (Å²) in [5.74, 6) is -4.98. The lowest BCUT2D eigenvalue weighted by atomic mass is 9.83. The van der Waals surface area contributed by atoms with Crippen molar-refractivity contribution in [2.75, 3.05) is 0 Å². The molecule has 0 saturated heterocycles. The van der Waals surface area contributed by atoms with Crippen LogP contribution in [0.1, 0.15) is 31.8 Å². The van der Waals surface area contributed by atoms with Crippen LogP contribution in [-0.2, 0) is 20.2 Å². The van der Waals surface area contributed by atoms with Crippen molar-refractivity contribution in [3.05, 3.63) is 58.7 Å². The van der Waals surface area contributed by atoms with E-state index in [4.69, 9.17) is 0 Å². The first kappa shape index (κ1) is 23.5. The van der Waals surface area contributed by atoms with Gasteiger partial charge in [0.2, 0.25) is 0 Å². The summed E-state index contributed by atoms with van der Waals surface area (Å²) in [4.78, 5) is 25.6. The van der Waals surface area contributed by atoms with Crippen LogP contribution in [0.5, 0.6) is 11.5 Å². The van der Waals surface area contributed by atoms with Gasteiger partial charge in [-0.15, -0.1) is 0 Å². The first-order chi connectivity index (χ1) is 14.5. The Morgan fingerprint density at radius 3 is 1.19 bits per heavy atom. The minimum Gasteiger partial charge on any atom is -0.375 e. The van der Waals surface area contributed by atoms with Gasteiger partial charge in [-0.2, -0.15) is 43.2 Å². The predicted molar refractivity (Wildman–Crippen MR) is 91.0 cm³/mol. The van der Waals surface area contributed by atoms with E-state index in [-0.39, 0.29) is 0 Å². The fourth-order valence-corrected chi connectivity index (χ4v) is 3.59. The van der Waals surface area contributed by atoms with Gasteiger partial charge < -0.3 is 8.37 Å². The Morgan fingerprint density at radius 1 is 0.594 bits per heavy atom. The Balaban J connectivity index is 2.17. The number of ketones is 2. The molecule has 0 bridgehead atoms. The highest BCUT2D eigenvalue weighted by Gasteiger charge is 2.51. The summed E-state index contributed by atoms with van der Waals surface area (Å²) in [5, 5.41) is 0. The molecular formula is C16H6F6O8S2. The zero-order chi connectivity index (χ0) is 24.3. The largest absolute Gasteiger partial charge is 0.534 e. The quantitative estimate of drug-likeness (QED) is 0.302. The smallest absolute Gasteiger partial charge is 0.375 e. The zero-order valence-electron chi connectivity index (χ0n) is 14.8. The Morgan fingerprint density at radius 2 is 0.906 bits per heavy atom. The summed E-state index contributed by atoms with van der Waals surface area (Å²) in [6.07, 6.45) is 0. The SMILES string of the molecule is O=C1c2cccc(OS(=O)(=O)C(F)(F)F)c2C(=O)c2cccc(OS(=O)(=O)C(F)(F)F)c21. The molecule has 2 aromatic rings. The molecule has 0 spiro atoms. The second-order valence-electron chi connectivity index (χ2n) is 5.98. The van der Waals surface area contributed by atoms with Crippen LogP contribution >= 0.6 is 0 Å². The molecule has 0 radical (unpaired) electrons. The van der Waals surface area contributed by atoms with Crippen LogP contribution in [0.25, 0.3) is 0 Å². The van der Waals surface area contributed by atoms with Crippen molar-refractivity contribution in [2.45, 2.75) is 11.0 Å². The van der Waals surface area contributed by atoms with Crippen LogP contribution in [-0.4, -0.2) is 39.4 Å². The second kappa shape index (κ2) is 7.19. The third kappa shape index (κ3) is 3.79. The predicted octanol–water partition coefficient (Wildman–Crippen LogP) is 2.92. The molecule has 0 aliphatic heterocycles. The van der Waals surface area contributed by atoms with E-state index in [2.05, 4.69) is 8.37 Å². The number of rotatable bonds is 4. The van der Waals surface area contributed by atoms with Crippen LogP contribution in [0.15, 0.2) is 36.4 Å². The second-order valence-corrected chi connectivity index (χ2v) is 9.06. The molecule has 8 nitrogen and oxygen atoms in total. The van der Waals surface area contributed by atoms with E-state index in [0.29, 0.717) is 12.1 Å². The van der Waals surface area contributed by atoms with E-state index in [1.54, 1.807) is 0 Å². The Hall–Kier alpha value is -3.14. The number of fused-ring (bicyclic) bond motifs is 2. The Bertz CT molecular complexity index is 1250. The normalized spacial score (nSPS) is 14.6. The molecule has 0 saturated carbocycles. The van der Waals surface area contributed by atoms with Gasteiger partial charge in [0.05, 0.1) is 11.1 Å². The van der Waals surface area contributed by atoms with Gasteiger partial charge in [0.25, 0.3) is 0 Å². The molecule has 0 heterocycles. The van der Waals surface area contributed by atoms with Gasteiger partial charge >= 0.3 is 31.3 Å². The van der Waals surface area contributed by atoms with E-state index >= 15 is 0 Å². The molecule has 0 atom stereocenters. The molecule has 2 aromatic carbocycles. The number of hydrogen-bond acceptors (Lipinski definition) is 8. The van der Waals surface area contributed by atoms with Crippen molar-refractivity contribution in [1.29, 1.82) is 0 Å². The molecule has 1 aliphatic carbocycles. The van der Waals surface area contributed by atoms with Crippen LogP contribution in [0.2, 0.25) is 0 Å². The molecule has 0 N–H and O–H groups in total. The Kier molecular flexibility index (Phi) is 5.29. The third-order valence-corrected chi connectivity index (χ3v) is 5.89. The fourth-order valence-electron chi connectivity index (χ4n) is 2.65. The lowest BCUT2D eigenvalue weighted by Crippen LogP contribution is -2.31. The summed E-state index contributed by atoms with van der Waals surface area (Å²) >= 11 is 0. The monoisotopic (exact) mass is 504 g/mol. The van der Waals surface area contributed by atoms with E-state index in [1.165, 1.54) is 0 Å². The highest BCUT2D eigenvalue weighted by molar-refractivity contribution is 7.88. The van der Waals surface area contributed by atoms with Crippen LogP contribution < -0.4 is 8.37 Å². The molecule has 0 amide bonds. The maximum atomic E-state index is 12.8. The summed E-state index contributed by atoms with van der Waals surface area (Å²) in [6.45, 7) is 0. The summed E-state index contributed by atoms with van der Waals surface area (Å²) in [6, 6.07) is 4.67. The summed E-state index contributed by atoms with van der Waals surface area (Å²) < 4.78 is 129. The van der Waals surface area contributed by atoms with Gasteiger partial charge in [0.1, 0.15) is 0 Å². The van der Waals surface area contributed by atoms with Crippen molar-refractivity contribution in [1.82, 2.24) is 0 Å². The van der Waals surface area contributed by atoms with E-state index < -0.39 is 76.6 Å². The number of carbonyl (C=O) groups excluding carboxylic acids is 2. The third-order valence-electron chi connectivity index (χ3n) is 3.96. The van der Waals surface area contributed by atoms with Gasteiger partial charge in [0.15, 0.2) is 23.1 Å². The number of carbonyl (C=O) groups is 2. The van der Waals surface area contributed by atoms with Crippen molar-refractivity contribution in [3.63, 3.8) is 0 Å². The van der Waals surface area contributed by atoms with Gasteiger partial charge in [-0.25, -0.2) is 0 Å². The summed E-state index contributed by atoms with van der Waals surface area (Å²) in [5.41, 5.74) is -15.1. The van der Waals surface area contributed by atoms with Crippen molar-refractivity contribution >= 4 is 31.8 Å². The van der Waals surface area contributed by atoms with E-state index in [1.807, 2.05) is 0 Å². The lowest BCUT2D eigenvalue weighted by molar-refractivity contribution is -0.0505. The number of hydrogen-bond donors (Lipinski definition) is 0. The fraction of sp³-hybridized carbons (Fsp3) is 0.125. The van der Waals surface area contributed by atoms with E-state index in [9.17, 15) is 52.8 Å². The molecule has 172 valence electrons. The van der Waals surface area contributed by atoms with Crippen LogP contribution in [0.3, 0.4) is 0 Å². The van der Waals surface area contributed by atoms with Gasteiger partial charge in [-0.1, -0.05) is 24.3 Å². The molecular weight excluding hydrogens is 498 g/mol. The molecule has 3 rings (SSSR count). The molecule has 0 aromatic heterocycles. The average Bonchev–Trinajstić information content (AvgIpc) is 2.63. The minimum absolute atomic E-state index is 0.646. The standard InChI is InChI=1S/C16H6F6O8S2/c17-15(18,19)31(25,26)29-9-5-1-3-7-11(9)14(24)8-4-2-6-10(12(8)13(7)23)30-32(27,28)16(20,21)22/h1-6H. The number of benzene rings is 2. The van der Waals surface area contributed by atoms with Crippen molar-refractivity contribution < 1.29 is 61.1 Å². The number of halogens is 6. The highest BCUT2D eigenvalue weighted by Crippen LogP contribution is 2.40. The van der Waals surface area contributed by atoms with Gasteiger partial charge in [-0.05, 0) is 12.1 Å². The lowest BCUT2D eigenvalue weighted by Gasteiger charge is -2.22. The van der Waals surface area contributed by atoms with Gasteiger partial charge in [-0.3, -0.25) is 9.59 Å². The average molecular weight is 504 g/mol. The Labute approximate surface area is 174 Å². The molecule has 0 fully saturated rings. The zero-order valence-corrected chi connectivity index (χ0v) is 16.4. The van der Waals surface area contributed by atoms with Crippen molar-refractivity contribution in [3.8, 4) is 11.5 Å². The minimum atomic E-state index is -6.24. The topological polar surface area (TPSA) is 121 Å². The maximum Gasteiger partial charge on any atom is 0.534 e. The first-order valence-electron chi connectivity index (χ1n) is 7.85. The number of alkyl halides is 6. The first-order valence-corrected chi connectivity index (χ1v) is 10.7. The van der Waals surface area contributed by atoms with Crippen molar-refractivity contribution in [2.24, 2.45) is 0 Å². The molecule has 32 heavy (non-hydrogen) atoms. The molecule has 1 aliphatic rings. The summed E-state index contributed by atoms with van der Waals surface area (Å²) in [7, 11) is -12.5. The molecule has 16 heteroatoms. The highest BCUT2D eigenvalue weighted by atomic mass is 32.2. The molecule has 0 unspecified atom stereocenters. The van der Waals surface area contributed by atoms with Gasteiger partial charge in [0, 0.05) is 11.1 Å². The van der Waals surface area contributed by atoms with Crippen LogP contribution in [0.4, 0.5) is 26.3 Å².